The fourth-order valence-corrected chi connectivity index (χ4v) is 3.87. The molecule has 30 heavy (non-hydrogen) atoms. The molecule has 0 atom stereocenters. The summed E-state index contributed by atoms with van der Waals surface area (Å²) in [4.78, 5) is 16.5. The van der Waals surface area contributed by atoms with Crippen molar-refractivity contribution in [2.24, 2.45) is 4.99 Å². The maximum Gasteiger partial charge on any atom is 0.336 e. The highest BCUT2D eigenvalue weighted by Crippen LogP contribution is 2.42. The number of anilines is 1. The largest absolute Gasteiger partial charge is 0.478 e. The van der Waals surface area contributed by atoms with E-state index in [2.05, 4.69) is 10.3 Å². The highest BCUT2D eigenvalue weighted by molar-refractivity contribution is 6.07. The van der Waals surface area contributed by atoms with Crippen molar-refractivity contribution in [2.45, 2.75) is 20.8 Å². The fourth-order valence-electron chi connectivity index (χ4n) is 3.87. The van der Waals surface area contributed by atoms with Gasteiger partial charge in [-0.3, -0.25) is 4.99 Å². The van der Waals surface area contributed by atoms with Crippen molar-refractivity contribution in [1.29, 1.82) is 0 Å². The third-order valence-corrected chi connectivity index (χ3v) is 5.17. The summed E-state index contributed by atoms with van der Waals surface area (Å²) in [7, 11) is 0. The van der Waals surface area contributed by atoms with Gasteiger partial charge in [0.2, 0.25) is 0 Å². The molecule has 2 aliphatic rings. The number of aromatic carboxylic acids is 1. The Morgan fingerprint density at radius 3 is 2.60 bits per heavy atom. The SMILES string of the molecule is CCN=c1cc2oc3cc(NCC)ccc3c(-c3ccccc3C(=O)O)c-2cc1C. The van der Waals surface area contributed by atoms with E-state index < -0.39 is 5.97 Å². The lowest BCUT2D eigenvalue weighted by atomic mass is 9.90. The number of nitrogens with zero attached hydrogens (tertiary/aromatic N) is 1. The molecule has 2 aromatic carbocycles. The van der Waals surface area contributed by atoms with E-state index in [0.29, 0.717) is 23.5 Å². The van der Waals surface area contributed by atoms with Crippen LogP contribution in [-0.4, -0.2) is 24.2 Å². The summed E-state index contributed by atoms with van der Waals surface area (Å²) >= 11 is 0. The molecular formula is C25H24N2O3. The predicted octanol–water partition coefficient (Wildman–Crippen LogP) is 5.56. The van der Waals surface area contributed by atoms with E-state index in [0.717, 1.165) is 39.7 Å². The van der Waals surface area contributed by atoms with Gasteiger partial charge in [0.15, 0.2) is 0 Å². The van der Waals surface area contributed by atoms with Gasteiger partial charge < -0.3 is 14.8 Å². The second kappa shape index (κ2) is 8.03. The highest BCUT2D eigenvalue weighted by atomic mass is 16.4. The number of aryl methyl sites for hydroxylation is 1. The summed E-state index contributed by atoms with van der Waals surface area (Å²) in [6, 6.07) is 17.0. The number of carboxylic acids is 1. The molecule has 1 heterocycles. The molecule has 2 aromatic rings. The Morgan fingerprint density at radius 1 is 1.07 bits per heavy atom. The van der Waals surface area contributed by atoms with Gasteiger partial charge in [0.05, 0.1) is 10.9 Å². The van der Waals surface area contributed by atoms with Crippen LogP contribution in [0.5, 0.6) is 0 Å². The number of carboxylic acid groups (broad SMARTS) is 1. The number of rotatable bonds is 5. The molecular weight excluding hydrogens is 376 g/mol. The van der Waals surface area contributed by atoms with E-state index >= 15 is 0 Å². The van der Waals surface area contributed by atoms with Gasteiger partial charge in [0, 0.05) is 47.4 Å². The Hall–Kier alpha value is -3.60. The van der Waals surface area contributed by atoms with Gasteiger partial charge in [-0.15, -0.1) is 0 Å². The summed E-state index contributed by atoms with van der Waals surface area (Å²) in [5.74, 6) is -0.268. The van der Waals surface area contributed by atoms with Crippen molar-refractivity contribution in [3.63, 3.8) is 0 Å². The van der Waals surface area contributed by atoms with Gasteiger partial charge in [-0.2, -0.15) is 0 Å². The summed E-state index contributed by atoms with van der Waals surface area (Å²) in [5.41, 5.74) is 5.35. The molecule has 1 aliphatic carbocycles. The minimum absolute atomic E-state index is 0.266. The minimum Gasteiger partial charge on any atom is -0.478 e. The fraction of sp³-hybridized carbons (Fsp3) is 0.200. The Labute approximate surface area is 175 Å². The molecule has 0 bridgehead atoms. The molecule has 0 fully saturated rings. The van der Waals surface area contributed by atoms with Crippen LogP contribution < -0.4 is 10.7 Å². The molecule has 4 rings (SSSR count). The third-order valence-electron chi connectivity index (χ3n) is 5.17. The molecule has 0 radical (unpaired) electrons. The number of hydrogen-bond acceptors (Lipinski definition) is 4. The van der Waals surface area contributed by atoms with Crippen molar-refractivity contribution >= 4 is 22.6 Å². The minimum atomic E-state index is -0.953. The first-order valence-electron chi connectivity index (χ1n) is 10.1. The van der Waals surface area contributed by atoms with E-state index in [1.54, 1.807) is 12.1 Å². The van der Waals surface area contributed by atoms with E-state index in [1.807, 2.05) is 63.2 Å². The van der Waals surface area contributed by atoms with Crippen LogP contribution in [0.1, 0.15) is 29.8 Å². The first-order valence-corrected chi connectivity index (χ1v) is 10.1. The number of carbonyl (C=O) groups is 1. The van der Waals surface area contributed by atoms with Crippen LogP contribution in [0.3, 0.4) is 0 Å². The second-order valence-electron chi connectivity index (χ2n) is 7.18. The van der Waals surface area contributed by atoms with Gasteiger partial charge in [-0.1, -0.05) is 18.2 Å². The van der Waals surface area contributed by atoms with E-state index in [9.17, 15) is 9.90 Å². The van der Waals surface area contributed by atoms with Gasteiger partial charge in [0.25, 0.3) is 0 Å². The van der Waals surface area contributed by atoms with Crippen LogP contribution in [-0.2, 0) is 0 Å². The first-order chi connectivity index (χ1) is 14.5. The first kappa shape index (κ1) is 19.7. The normalized spacial score (nSPS) is 11.9. The standard InChI is InChI=1S/C25H24N2O3/c1-4-26-16-10-11-19-22(13-16)30-23-14-21(27-5-2)15(3)12-20(23)24(19)17-8-6-7-9-18(17)25(28)29/h6-14,26H,4-5H2,1-3H3,(H,28,29). The average Bonchev–Trinajstić information content (AvgIpc) is 2.73. The third kappa shape index (κ3) is 3.43. The lowest BCUT2D eigenvalue weighted by Gasteiger charge is -2.18. The molecule has 152 valence electrons. The molecule has 2 N–H and O–H groups in total. The summed E-state index contributed by atoms with van der Waals surface area (Å²) in [5, 5.41) is 14.9. The lowest BCUT2D eigenvalue weighted by Crippen LogP contribution is -2.09. The predicted molar refractivity (Wildman–Crippen MR) is 120 cm³/mol. The van der Waals surface area contributed by atoms with Crippen molar-refractivity contribution in [3.05, 3.63) is 71.1 Å². The number of benzene rings is 3. The van der Waals surface area contributed by atoms with Gasteiger partial charge in [-0.05, 0) is 56.2 Å². The van der Waals surface area contributed by atoms with Crippen LogP contribution in [0.2, 0.25) is 0 Å². The Bertz CT molecular complexity index is 1290. The van der Waals surface area contributed by atoms with Crippen LogP contribution in [0.15, 0.2) is 64.0 Å². The zero-order valence-corrected chi connectivity index (χ0v) is 17.3. The molecule has 0 saturated heterocycles. The van der Waals surface area contributed by atoms with E-state index in [4.69, 9.17) is 4.42 Å². The van der Waals surface area contributed by atoms with Crippen molar-refractivity contribution in [2.75, 3.05) is 18.4 Å². The van der Waals surface area contributed by atoms with Gasteiger partial charge in [0.1, 0.15) is 11.3 Å². The average molecular weight is 400 g/mol. The maximum atomic E-state index is 12.0. The maximum absolute atomic E-state index is 12.0. The number of fused-ring (bicyclic) bond motifs is 2. The van der Waals surface area contributed by atoms with Crippen molar-refractivity contribution < 1.29 is 14.3 Å². The van der Waals surface area contributed by atoms with Crippen molar-refractivity contribution in [1.82, 2.24) is 0 Å². The summed E-state index contributed by atoms with van der Waals surface area (Å²) in [6.45, 7) is 7.53. The van der Waals surface area contributed by atoms with Crippen LogP contribution in [0.25, 0.3) is 33.4 Å². The van der Waals surface area contributed by atoms with Gasteiger partial charge >= 0.3 is 5.97 Å². The van der Waals surface area contributed by atoms with Crippen LogP contribution in [0.4, 0.5) is 5.69 Å². The highest BCUT2D eigenvalue weighted by Gasteiger charge is 2.21. The Balaban J connectivity index is 2.16. The quantitative estimate of drug-likeness (QED) is 0.430. The second-order valence-corrected chi connectivity index (χ2v) is 7.18. The molecule has 0 amide bonds. The molecule has 0 unspecified atom stereocenters. The number of nitrogens with one attached hydrogen (secondary N) is 1. The topological polar surface area (TPSA) is 74.8 Å². The van der Waals surface area contributed by atoms with Gasteiger partial charge in [-0.25, -0.2) is 4.79 Å². The van der Waals surface area contributed by atoms with Crippen molar-refractivity contribution in [3.8, 4) is 22.5 Å². The zero-order valence-electron chi connectivity index (χ0n) is 17.3. The number of hydrogen-bond donors (Lipinski definition) is 2. The summed E-state index contributed by atoms with van der Waals surface area (Å²) in [6.07, 6.45) is 0. The molecule has 0 saturated carbocycles. The molecule has 1 aliphatic heterocycles. The molecule has 5 heteroatoms. The monoisotopic (exact) mass is 400 g/mol. The van der Waals surface area contributed by atoms with E-state index in [1.165, 1.54) is 0 Å². The molecule has 5 nitrogen and oxygen atoms in total. The Kier molecular flexibility index (Phi) is 5.27. The van der Waals surface area contributed by atoms with Crippen LogP contribution >= 0.6 is 0 Å². The van der Waals surface area contributed by atoms with E-state index in [-0.39, 0.29) is 5.56 Å². The summed E-state index contributed by atoms with van der Waals surface area (Å²) < 4.78 is 6.29. The Morgan fingerprint density at radius 2 is 1.87 bits per heavy atom. The molecule has 0 aromatic heterocycles. The van der Waals surface area contributed by atoms with Crippen LogP contribution in [0, 0.1) is 6.92 Å². The smallest absolute Gasteiger partial charge is 0.336 e. The lowest BCUT2D eigenvalue weighted by molar-refractivity contribution is 0.0697. The molecule has 0 spiro atoms. The zero-order chi connectivity index (χ0) is 21.3.